The van der Waals surface area contributed by atoms with Crippen LogP contribution in [-0.2, 0) is 0 Å². The molecule has 4 heteroatoms. The van der Waals surface area contributed by atoms with E-state index >= 15 is 0 Å². The number of rotatable bonds is 5. The number of nitrogens with two attached hydrogens (primary N) is 1. The van der Waals surface area contributed by atoms with E-state index in [0.717, 1.165) is 18.4 Å². The highest BCUT2D eigenvalue weighted by atomic mass is 35.5. The van der Waals surface area contributed by atoms with Gasteiger partial charge in [0.2, 0.25) is 0 Å². The van der Waals surface area contributed by atoms with Crippen molar-refractivity contribution < 1.29 is 0 Å². The maximum absolute atomic E-state index is 5.93. The summed E-state index contributed by atoms with van der Waals surface area (Å²) in [4.78, 5) is 0. The van der Waals surface area contributed by atoms with Crippen LogP contribution in [0.2, 0.25) is 10.0 Å². The summed E-state index contributed by atoms with van der Waals surface area (Å²) in [5, 5.41) is 1.10. The third-order valence-electron chi connectivity index (χ3n) is 2.21. The van der Waals surface area contributed by atoms with Crippen LogP contribution in [0.3, 0.4) is 0 Å². The van der Waals surface area contributed by atoms with Gasteiger partial charge in [0.25, 0.3) is 0 Å². The topological polar surface area (TPSA) is 38.0 Å². The number of benzene rings is 1. The van der Waals surface area contributed by atoms with Crippen molar-refractivity contribution in [2.75, 3.05) is 0 Å². The minimum Gasteiger partial charge on any atom is -0.271 e. The minimum absolute atomic E-state index is 0.0813. The van der Waals surface area contributed by atoms with Gasteiger partial charge in [-0.2, -0.15) is 0 Å². The van der Waals surface area contributed by atoms with E-state index in [0.29, 0.717) is 10.0 Å². The number of halogens is 2. The Morgan fingerprint density at radius 3 is 2.67 bits per heavy atom. The highest BCUT2D eigenvalue weighted by Crippen LogP contribution is 2.27. The van der Waals surface area contributed by atoms with Crippen molar-refractivity contribution in [1.29, 1.82) is 0 Å². The fourth-order valence-electron chi connectivity index (χ4n) is 1.36. The van der Waals surface area contributed by atoms with Crippen LogP contribution < -0.4 is 11.3 Å². The maximum Gasteiger partial charge on any atom is 0.0595 e. The van der Waals surface area contributed by atoms with Crippen molar-refractivity contribution in [3.05, 3.63) is 46.5 Å². The van der Waals surface area contributed by atoms with Crippen LogP contribution in [0.4, 0.5) is 0 Å². The molecule has 0 spiro atoms. The molecule has 1 aromatic carbocycles. The summed E-state index contributed by atoms with van der Waals surface area (Å²) in [6, 6.07) is 5.61. The molecule has 0 saturated heterocycles. The zero-order chi connectivity index (χ0) is 11.3. The van der Waals surface area contributed by atoms with Gasteiger partial charge in [0, 0.05) is 6.04 Å². The molecule has 0 aliphatic heterocycles. The summed E-state index contributed by atoms with van der Waals surface area (Å²) >= 11 is 11.8. The molecule has 0 amide bonds. The zero-order valence-corrected chi connectivity index (χ0v) is 9.85. The molecule has 1 unspecified atom stereocenters. The van der Waals surface area contributed by atoms with E-state index in [-0.39, 0.29) is 6.04 Å². The third kappa shape index (κ3) is 3.50. The first-order chi connectivity index (χ1) is 7.19. The molecule has 0 aromatic heterocycles. The molecule has 2 nitrogen and oxygen atoms in total. The van der Waals surface area contributed by atoms with Crippen LogP contribution in [0.1, 0.15) is 24.4 Å². The molecular formula is C11H14Cl2N2. The zero-order valence-electron chi connectivity index (χ0n) is 8.34. The van der Waals surface area contributed by atoms with Crippen molar-refractivity contribution in [1.82, 2.24) is 5.43 Å². The molecule has 15 heavy (non-hydrogen) atoms. The molecule has 1 aromatic rings. The van der Waals surface area contributed by atoms with Crippen molar-refractivity contribution in [3.63, 3.8) is 0 Å². The van der Waals surface area contributed by atoms with E-state index in [1.54, 1.807) is 6.07 Å². The molecule has 1 atom stereocenters. The average Bonchev–Trinajstić information content (AvgIpc) is 2.24. The van der Waals surface area contributed by atoms with E-state index in [1.807, 2.05) is 18.2 Å². The van der Waals surface area contributed by atoms with Gasteiger partial charge in [0.1, 0.15) is 0 Å². The summed E-state index contributed by atoms with van der Waals surface area (Å²) in [6.07, 6.45) is 3.65. The second-order valence-electron chi connectivity index (χ2n) is 3.26. The Hall–Kier alpha value is -0.540. The lowest BCUT2D eigenvalue weighted by Gasteiger charge is -2.15. The van der Waals surface area contributed by atoms with Crippen molar-refractivity contribution in [3.8, 4) is 0 Å². The quantitative estimate of drug-likeness (QED) is 0.473. The van der Waals surface area contributed by atoms with Gasteiger partial charge >= 0.3 is 0 Å². The Labute approximate surface area is 100 Å². The van der Waals surface area contributed by atoms with E-state index in [2.05, 4.69) is 12.0 Å². The summed E-state index contributed by atoms with van der Waals surface area (Å²) in [7, 11) is 0. The molecule has 0 bridgehead atoms. The van der Waals surface area contributed by atoms with Crippen LogP contribution in [-0.4, -0.2) is 0 Å². The highest BCUT2D eigenvalue weighted by molar-refractivity contribution is 6.42. The van der Waals surface area contributed by atoms with Gasteiger partial charge in [0.15, 0.2) is 0 Å². The van der Waals surface area contributed by atoms with Gasteiger partial charge in [-0.25, -0.2) is 0 Å². The number of hydrogen-bond donors (Lipinski definition) is 2. The lowest BCUT2D eigenvalue weighted by atomic mass is 10.0. The Bertz CT molecular complexity index is 339. The van der Waals surface area contributed by atoms with Crippen LogP contribution in [0.25, 0.3) is 0 Å². The van der Waals surface area contributed by atoms with Crippen LogP contribution in [0, 0.1) is 0 Å². The van der Waals surface area contributed by atoms with Crippen LogP contribution in [0.15, 0.2) is 30.9 Å². The van der Waals surface area contributed by atoms with Crippen molar-refractivity contribution in [2.45, 2.75) is 18.9 Å². The average molecular weight is 245 g/mol. The van der Waals surface area contributed by atoms with Gasteiger partial charge in [0.05, 0.1) is 10.0 Å². The molecule has 0 aliphatic carbocycles. The first kappa shape index (κ1) is 12.5. The summed E-state index contributed by atoms with van der Waals surface area (Å²) in [6.45, 7) is 3.68. The Morgan fingerprint density at radius 2 is 2.13 bits per heavy atom. The van der Waals surface area contributed by atoms with E-state index in [9.17, 15) is 0 Å². The third-order valence-corrected chi connectivity index (χ3v) is 2.95. The Kier molecular flexibility index (Phi) is 5.12. The van der Waals surface area contributed by atoms with E-state index in [1.165, 1.54) is 0 Å². The van der Waals surface area contributed by atoms with Gasteiger partial charge in [-0.1, -0.05) is 35.3 Å². The molecule has 3 N–H and O–H groups in total. The van der Waals surface area contributed by atoms with Crippen molar-refractivity contribution in [2.24, 2.45) is 5.84 Å². The van der Waals surface area contributed by atoms with E-state index < -0.39 is 0 Å². The molecule has 0 radical (unpaired) electrons. The molecule has 0 aliphatic rings. The Morgan fingerprint density at radius 1 is 1.40 bits per heavy atom. The maximum atomic E-state index is 5.93. The molecule has 0 saturated carbocycles. The highest BCUT2D eigenvalue weighted by Gasteiger charge is 2.09. The van der Waals surface area contributed by atoms with Crippen LogP contribution in [0.5, 0.6) is 0 Å². The van der Waals surface area contributed by atoms with Gasteiger partial charge < -0.3 is 0 Å². The normalized spacial score (nSPS) is 12.5. The van der Waals surface area contributed by atoms with Crippen molar-refractivity contribution >= 4 is 23.2 Å². The number of hydrazine groups is 1. The molecule has 82 valence electrons. The summed E-state index contributed by atoms with van der Waals surface area (Å²) in [5.74, 6) is 5.47. The predicted octanol–water partition coefficient (Wildman–Crippen LogP) is 3.46. The smallest absolute Gasteiger partial charge is 0.0595 e. The molecular weight excluding hydrogens is 231 g/mol. The first-order valence-corrected chi connectivity index (χ1v) is 5.46. The summed E-state index contributed by atoms with van der Waals surface area (Å²) < 4.78 is 0. The lowest BCUT2D eigenvalue weighted by Crippen LogP contribution is -2.27. The fourth-order valence-corrected chi connectivity index (χ4v) is 1.67. The second kappa shape index (κ2) is 6.13. The fraction of sp³-hybridized carbons (Fsp3) is 0.273. The Balaban J connectivity index is 2.82. The van der Waals surface area contributed by atoms with E-state index in [4.69, 9.17) is 29.0 Å². The second-order valence-corrected chi connectivity index (χ2v) is 4.07. The number of allylic oxidation sites excluding steroid dienone is 1. The SMILES string of the molecule is C=CCCC(NN)c1ccc(Cl)c(Cl)c1. The molecule has 0 heterocycles. The molecule has 0 fully saturated rings. The van der Waals surface area contributed by atoms with Gasteiger partial charge in [-0.3, -0.25) is 11.3 Å². The summed E-state index contributed by atoms with van der Waals surface area (Å²) in [5.41, 5.74) is 3.79. The largest absolute Gasteiger partial charge is 0.271 e. The first-order valence-electron chi connectivity index (χ1n) is 4.71. The van der Waals surface area contributed by atoms with Crippen LogP contribution >= 0.6 is 23.2 Å². The predicted molar refractivity (Wildman–Crippen MR) is 66.0 cm³/mol. The standard InChI is InChI=1S/C11H14Cl2N2/c1-2-3-4-11(15-14)8-5-6-9(12)10(13)7-8/h2,5-7,11,15H,1,3-4,14H2. The minimum atomic E-state index is 0.0813. The molecule has 1 rings (SSSR count). The lowest BCUT2D eigenvalue weighted by molar-refractivity contribution is 0.521. The van der Waals surface area contributed by atoms with Gasteiger partial charge in [-0.15, -0.1) is 6.58 Å². The number of hydrogen-bond acceptors (Lipinski definition) is 2. The number of nitrogens with one attached hydrogen (secondary N) is 1. The monoisotopic (exact) mass is 244 g/mol. The van der Waals surface area contributed by atoms with Gasteiger partial charge in [-0.05, 0) is 30.5 Å².